The van der Waals surface area contributed by atoms with E-state index < -0.39 is 23.8 Å². The van der Waals surface area contributed by atoms with E-state index in [1.54, 1.807) is 0 Å². The zero-order valence-corrected chi connectivity index (χ0v) is 11.4. The molecule has 1 fully saturated rings. The molecular weight excluding hydrogens is 287 g/mol. The van der Waals surface area contributed by atoms with Gasteiger partial charge in [-0.2, -0.15) is 13.2 Å². The summed E-state index contributed by atoms with van der Waals surface area (Å²) in [6, 6.07) is 4.78. The third kappa shape index (κ3) is 3.74. The van der Waals surface area contributed by atoms with Gasteiger partial charge in [0.05, 0.1) is 12.2 Å². The fourth-order valence-corrected chi connectivity index (χ4v) is 2.33. The SMILES string of the molecule is CC(c1ccc(C(F)(F)F)cc1)N1CCOC(C(=O)O)C1. The number of morpholine rings is 1. The molecule has 2 unspecified atom stereocenters. The number of carboxylic acids is 1. The van der Waals surface area contributed by atoms with Crippen molar-refractivity contribution in [1.29, 1.82) is 0 Å². The Kier molecular flexibility index (Phi) is 4.53. The number of alkyl halides is 3. The normalized spacial score (nSPS) is 22.0. The minimum atomic E-state index is -4.35. The number of rotatable bonds is 3. The van der Waals surface area contributed by atoms with Crippen molar-refractivity contribution in [2.75, 3.05) is 19.7 Å². The summed E-state index contributed by atoms with van der Waals surface area (Å²) >= 11 is 0. The van der Waals surface area contributed by atoms with Crippen LogP contribution in [0.1, 0.15) is 24.1 Å². The van der Waals surface area contributed by atoms with Crippen molar-refractivity contribution in [3.05, 3.63) is 35.4 Å². The molecule has 0 aliphatic carbocycles. The molecule has 1 heterocycles. The molecule has 0 radical (unpaired) electrons. The van der Waals surface area contributed by atoms with Gasteiger partial charge in [-0.1, -0.05) is 12.1 Å². The number of carbonyl (C=O) groups is 1. The molecule has 1 aromatic rings. The Morgan fingerprint density at radius 1 is 1.38 bits per heavy atom. The molecule has 1 aliphatic rings. The van der Waals surface area contributed by atoms with Crippen LogP contribution in [0.25, 0.3) is 0 Å². The van der Waals surface area contributed by atoms with Gasteiger partial charge >= 0.3 is 12.1 Å². The molecule has 7 heteroatoms. The molecule has 0 saturated carbocycles. The number of aliphatic carboxylic acids is 1. The van der Waals surface area contributed by atoms with Crippen LogP contribution in [0, 0.1) is 0 Å². The molecule has 0 spiro atoms. The van der Waals surface area contributed by atoms with E-state index in [4.69, 9.17) is 9.84 Å². The molecule has 0 aromatic heterocycles. The summed E-state index contributed by atoms with van der Waals surface area (Å²) in [5.41, 5.74) is 0.0258. The number of ether oxygens (including phenoxy) is 1. The maximum Gasteiger partial charge on any atom is 0.416 e. The predicted molar refractivity (Wildman–Crippen MR) is 68.8 cm³/mol. The van der Waals surface area contributed by atoms with Crippen molar-refractivity contribution in [3.63, 3.8) is 0 Å². The number of carboxylic acid groups (broad SMARTS) is 1. The van der Waals surface area contributed by atoms with Crippen LogP contribution in [0.2, 0.25) is 0 Å². The van der Waals surface area contributed by atoms with Crippen LogP contribution in [-0.2, 0) is 15.7 Å². The highest BCUT2D eigenvalue weighted by Gasteiger charge is 2.31. The molecule has 1 saturated heterocycles. The van der Waals surface area contributed by atoms with Crippen molar-refractivity contribution in [3.8, 4) is 0 Å². The van der Waals surface area contributed by atoms with Crippen LogP contribution in [0.5, 0.6) is 0 Å². The minimum absolute atomic E-state index is 0.168. The monoisotopic (exact) mass is 303 g/mol. The van der Waals surface area contributed by atoms with Gasteiger partial charge in [0.25, 0.3) is 0 Å². The molecule has 2 rings (SSSR count). The van der Waals surface area contributed by atoms with E-state index in [-0.39, 0.29) is 12.6 Å². The Bertz CT molecular complexity index is 501. The van der Waals surface area contributed by atoms with Gasteiger partial charge in [-0.15, -0.1) is 0 Å². The number of nitrogens with zero attached hydrogens (tertiary/aromatic N) is 1. The largest absolute Gasteiger partial charge is 0.479 e. The van der Waals surface area contributed by atoms with E-state index in [1.165, 1.54) is 12.1 Å². The van der Waals surface area contributed by atoms with Crippen molar-refractivity contribution in [2.45, 2.75) is 25.2 Å². The van der Waals surface area contributed by atoms with Crippen LogP contribution in [-0.4, -0.2) is 41.8 Å². The molecule has 1 aliphatic heterocycles. The molecule has 1 aromatic carbocycles. The van der Waals surface area contributed by atoms with Gasteiger partial charge in [0, 0.05) is 19.1 Å². The fraction of sp³-hybridized carbons (Fsp3) is 0.500. The Morgan fingerprint density at radius 3 is 2.52 bits per heavy atom. The molecular formula is C14H16F3NO3. The third-order valence-electron chi connectivity index (χ3n) is 3.64. The number of hydrogen-bond donors (Lipinski definition) is 1. The van der Waals surface area contributed by atoms with Gasteiger partial charge in [-0.25, -0.2) is 4.79 Å². The lowest BCUT2D eigenvalue weighted by Gasteiger charge is -2.35. The van der Waals surface area contributed by atoms with Gasteiger partial charge in [-0.3, -0.25) is 4.90 Å². The lowest BCUT2D eigenvalue weighted by molar-refractivity contribution is -0.157. The highest BCUT2D eigenvalue weighted by molar-refractivity contribution is 5.72. The molecule has 2 atom stereocenters. The van der Waals surface area contributed by atoms with Crippen LogP contribution in [0.4, 0.5) is 13.2 Å². The zero-order valence-electron chi connectivity index (χ0n) is 11.4. The van der Waals surface area contributed by atoms with Gasteiger partial charge in [0.1, 0.15) is 0 Å². The quantitative estimate of drug-likeness (QED) is 0.932. The highest BCUT2D eigenvalue weighted by atomic mass is 19.4. The average molecular weight is 303 g/mol. The summed E-state index contributed by atoms with van der Waals surface area (Å²) < 4.78 is 42.7. The summed E-state index contributed by atoms with van der Waals surface area (Å²) in [6.45, 7) is 2.90. The molecule has 0 amide bonds. The lowest BCUT2D eigenvalue weighted by Crippen LogP contribution is -2.46. The Hall–Kier alpha value is -1.60. The first-order chi connectivity index (χ1) is 9.79. The van der Waals surface area contributed by atoms with Crippen molar-refractivity contribution in [1.82, 2.24) is 4.90 Å². The number of hydrogen-bond acceptors (Lipinski definition) is 3. The lowest BCUT2D eigenvalue weighted by atomic mass is 10.0. The van der Waals surface area contributed by atoms with Gasteiger partial charge in [0.2, 0.25) is 0 Å². The second kappa shape index (κ2) is 6.03. The van der Waals surface area contributed by atoms with Gasteiger partial charge in [0.15, 0.2) is 6.10 Å². The fourth-order valence-electron chi connectivity index (χ4n) is 2.33. The van der Waals surface area contributed by atoms with Crippen molar-refractivity contribution in [2.24, 2.45) is 0 Å². The third-order valence-corrected chi connectivity index (χ3v) is 3.64. The summed E-state index contributed by atoms with van der Waals surface area (Å²) in [6.07, 6.45) is -5.24. The number of halogens is 3. The maximum atomic E-state index is 12.5. The van der Waals surface area contributed by atoms with Gasteiger partial charge < -0.3 is 9.84 Å². The van der Waals surface area contributed by atoms with E-state index in [2.05, 4.69) is 0 Å². The molecule has 21 heavy (non-hydrogen) atoms. The summed E-state index contributed by atoms with van der Waals surface area (Å²) in [4.78, 5) is 12.8. The number of benzene rings is 1. The summed E-state index contributed by atoms with van der Waals surface area (Å²) in [5.74, 6) is -1.03. The average Bonchev–Trinajstić information content (AvgIpc) is 2.46. The van der Waals surface area contributed by atoms with Crippen molar-refractivity contribution >= 4 is 5.97 Å². The maximum absolute atomic E-state index is 12.5. The van der Waals surface area contributed by atoms with E-state index >= 15 is 0 Å². The Morgan fingerprint density at radius 2 is 2.00 bits per heavy atom. The first-order valence-electron chi connectivity index (χ1n) is 6.54. The minimum Gasteiger partial charge on any atom is -0.479 e. The van der Waals surface area contributed by atoms with Crippen LogP contribution < -0.4 is 0 Å². The topological polar surface area (TPSA) is 49.8 Å². The second-order valence-corrected chi connectivity index (χ2v) is 4.99. The van der Waals surface area contributed by atoms with E-state index in [1.807, 2.05) is 11.8 Å². The Labute approximate surface area is 120 Å². The first kappa shape index (κ1) is 15.8. The van der Waals surface area contributed by atoms with Crippen LogP contribution in [0.3, 0.4) is 0 Å². The van der Waals surface area contributed by atoms with Crippen LogP contribution in [0.15, 0.2) is 24.3 Å². The standard InChI is InChI=1S/C14H16F3NO3/c1-9(18-6-7-21-12(8-18)13(19)20)10-2-4-11(5-3-10)14(15,16)17/h2-5,9,12H,6-8H2,1H3,(H,19,20). The molecule has 1 N–H and O–H groups in total. The van der Waals surface area contributed by atoms with E-state index in [0.717, 1.165) is 12.1 Å². The molecule has 4 nitrogen and oxygen atoms in total. The summed E-state index contributed by atoms with van der Waals surface area (Å²) in [5, 5.41) is 8.96. The predicted octanol–water partition coefficient (Wildman–Crippen LogP) is 2.55. The second-order valence-electron chi connectivity index (χ2n) is 4.99. The van der Waals surface area contributed by atoms with Crippen molar-refractivity contribution < 1.29 is 27.8 Å². The zero-order chi connectivity index (χ0) is 15.6. The first-order valence-corrected chi connectivity index (χ1v) is 6.54. The van der Waals surface area contributed by atoms with E-state index in [9.17, 15) is 18.0 Å². The summed E-state index contributed by atoms with van der Waals surface area (Å²) in [7, 11) is 0. The van der Waals surface area contributed by atoms with Gasteiger partial charge in [-0.05, 0) is 24.6 Å². The highest BCUT2D eigenvalue weighted by Crippen LogP contribution is 2.31. The Balaban J connectivity index is 2.09. The molecule has 0 bridgehead atoms. The van der Waals surface area contributed by atoms with E-state index in [0.29, 0.717) is 18.7 Å². The van der Waals surface area contributed by atoms with Crippen LogP contribution >= 0.6 is 0 Å². The molecule has 116 valence electrons. The smallest absolute Gasteiger partial charge is 0.416 e.